The van der Waals surface area contributed by atoms with E-state index in [0.29, 0.717) is 0 Å². The third kappa shape index (κ3) is 4.13. The third-order valence-corrected chi connectivity index (χ3v) is 4.58. The van der Waals surface area contributed by atoms with Gasteiger partial charge in [0.1, 0.15) is 10.7 Å². The van der Waals surface area contributed by atoms with Crippen molar-refractivity contribution >= 4 is 31.6 Å². The minimum Gasteiger partial charge on any atom is -0.398 e. The van der Waals surface area contributed by atoms with Gasteiger partial charge in [-0.3, -0.25) is 0 Å². The van der Waals surface area contributed by atoms with Crippen LogP contribution in [0.15, 0.2) is 21.5 Å². The number of halogens is 2. The zero-order chi connectivity index (χ0) is 14.8. The molecule has 0 unspecified atom stereocenters. The SMILES string of the molecule is CC(C)(CO)CNS(=O)(=O)c1cc(Br)c(F)cc1N. The molecule has 0 heterocycles. The average molecular weight is 355 g/mol. The largest absolute Gasteiger partial charge is 0.398 e. The van der Waals surface area contributed by atoms with Gasteiger partial charge in [-0.25, -0.2) is 17.5 Å². The summed E-state index contributed by atoms with van der Waals surface area (Å²) in [5, 5.41) is 9.08. The number of nitrogen functional groups attached to an aromatic ring is 1. The Morgan fingerprint density at radius 1 is 1.47 bits per heavy atom. The maximum absolute atomic E-state index is 13.2. The summed E-state index contributed by atoms with van der Waals surface area (Å²) in [5.41, 5.74) is 4.75. The van der Waals surface area contributed by atoms with Crippen molar-refractivity contribution in [1.82, 2.24) is 4.72 Å². The highest BCUT2D eigenvalue weighted by atomic mass is 79.9. The van der Waals surface area contributed by atoms with Crippen molar-refractivity contribution in [2.75, 3.05) is 18.9 Å². The molecule has 0 amide bonds. The van der Waals surface area contributed by atoms with Crippen LogP contribution in [0, 0.1) is 11.2 Å². The topological polar surface area (TPSA) is 92.4 Å². The first-order chi connectivity index (χ1) is 8.59. The van der Waals surface area contributed by atoms with Gasteiger partial charge in [-0.1, -0.05) is 13.8 Å². The molecule has 0 radical (unpaired) electrons. The third-order valence-electron chi connectivity index (χ3n) is 2.51. The molecule has 108 valence electrons. The van der Waals surface area contributed by atoms with E-state index in [1.54, 1.807) is 13.8 Å². The monoisotopic (exact) mass is 354 g/mol. The molecule has 1 aromatic carbocycles. The Balaban J connectivity index is 3.05. The fourth-order valence-electron chi connectivity index (χ4n) is 1.20. The summed E-state index contributed by atoms with van der Waals surface area (Å²) in [5.74, 6) is -0.632. The van der Waals surface area contributed by atoms with E-state index < -0.39 is 21.3 Å². The summed E-state index contributed by atoms with van der Waals surface area (Å²) in [4.78, 5) is -0.200. The molecule has 8 heteroatoms. The summed E-state index contributed by atoms with van der Waals surface area (Å²) in [6, 6.07) is 2.05. The van der Waals surface area contributed by atoms with Crippen LogP contribution in [0.3, 0.4) is 0 Å². The van der Waals surface area contributed by atoms with Crippen LogP contribution in [-0.2, 0) is 10.0 Å². The van der Waals surface area contributed by atoms with Crippen LogP contribution in [0.1, 0.15) is 13.8 Å². The van der Waals surface area contributed by atoms with Gasteiger partial charge in [0.15, 0.2) is 0 Å². The van der Waals surface area contributed by atoms with Crippen LogP contribution in [0.4, 0.5) is 10.1 Å². The van der Waals surface area contributed by atoms with Gasteiger partial charge < -0.3 is 10.8 Å². The normalized spacial score (nSPS) is 12.7. The van der Waals surface area contributed by atoms with E-state index in [9.17, 15) is 12.8 Å². The first-order valence-corrected chi connectivity index (χ1v) is 7.72. The number of hydrogen-bond donors (Lipinski definition) is 3. The molecule has 0 atom stereocenters. The number of benzene rings is 1. The molecule has 0 spiro atoms. The first-order valence-electron chi connectivity index (χ1n) is 5.44. The Labute approximate surface area is 120 Å². The Bertz CT molecular complexity index is 576. The van der Waals surface area contributed by atoms with E-state index in [-0.39, 0.29) is 28.2 Å². The fraction of sp³-hybridized carbons (Fsp3) is 0.455. The maximum Gasteiger partial charge on any atom is 0.242 e. The van der Waals surface area contributed by atoms with Gasteiger partial charge >= 0.3 is 0 Å². The zero-order valence-electron chi connectivity index (χ0n) is 10.6. The Morgan fingerprint density at radius 2 is 2.05 bits per heavy atom. The number of aliphatic hydroxyl groups is 1. The summed E-state index contributed by atoms with van der Waals surface area (Å²) in [6.45, 7) is 3.29. The van der Waals surface area contributed by atoms with Gasteiger partial charge in [0, 0.05) is 18.6 Å². The molecule has 0 saturated carbocycles. The minimum absolute atomic E-state index is 0.0171. The summed E-state index contributed by atoms with van der Waals surface area (Å²) in [6.07, 6.45) is 0. The second-order valence-electron chi connectivity index (χ2n) is 4.95. The number of rotatable bonds is 5. The number of anilines is 1. The van der Waals surface area contributed by atoms with Crippen LogP contribution in [0.25, 0.3) is 0 Å². The highest BCUT2D eigenvalue weighted by Gasteiger charge is 2.24. The van der Waals surface area contributed by atoms with Crippen LogP contribution >= 0.6 is 15.9 Å². The van der Waals surface area contributed by atoms with Crippen molar-refractivity contribution < 1.29 is 17.9 Å². The van der Waals surface area contributed by atoms with Crippen molar-refractivity contribution in [3.05, 3.63) is 22.4 Å². The lowest BCUT2D eigenvalue weighted by atomic mass is 9.96. The van der Waals surface area contributed by atoms with E-state index >= 15 is 0 Å². The van der Waals surface area contributed by atoms with Crippen LogP contribution in [0.2, 0.25) is 0 Å². The average Bonchev–Trinajstić information content (AvgIpc) is 2.31. The molecule has 19 heavy (non-hydrogen) atoms. The van der Waals surface area contributed by atoms with Crippen molar-refractivity contribution in [2.45, 2.75) is 18.7 Å². The number of sulfonamides is 1. The summed E-state index contributed by atoms with van der Waals surface area (Å²) >= 11 is 2.91. The molecule has 0 saturated heterocycles. The number of nitrogens with one attached hydrogen (secondary N) is 1. The highest BCUT2D eigenvalue weighted by molar-refractivity contribution is 9.10. The van der Waals surface area contributed by atoms with Crippen LogP contribution in [0.5, 0.6) is 0 Å². The quantitative estimate of drug-likeness (QED) is 0.698. The number of hydrogen-bond acceptors (Lipinski definition) is 4. The molecule has 5 nitrogen and oxygen atoms in total. The van der Waals surface area contributed by atoms with Gasteiger partial charge in [-0.05, 0) is 28.1 Å². The lowest BCUT2D eigenvalue weighted by molar-refractivity contribution is 0.163. The lowest BCUT2D eigenvalue weighted by Crippen LogP contribution is -2.36. The predicted molar refractivity (Wildman–Crippen MR) is 74.6 cm³/mol. The molecule has 4 N–H and O–H groups in total. The van der Waals surface area contributed by atoms with Crippen molar-refractivity contribution in [1.29, 1.82) is 0 Å². The second-order valence-corrected chi connectivity index (χ2v) is 7.54. The Hall–Kier alpha value is -0.700. The summed E-state index contributed by atoms with van der Waals surface area (Å²) in [7, 11) is -3.86. The number of nitrogens with two attached hydrogens (primary N) is 1. The maximum atomic E-state index is 13.2. The lowest BCUT2D eigenvalue weighted by Gasteiger charge is -2.22. The molecule has 0 fully saturated rings. The minimum atomic E-state index is -3.86. The molecule has 0 aliphatic heterocycles. The molecule has 0 aliphatic carbocycles. The first kappa shape index (κ1) is 16.4. The molecule has 0 aromatic heterocycles. The predicted octanol–water partition coefficient (Wildman–Crippen LogP) is 1.47. The molecule has 1 aromatic rings. The second kappa shape index (κ2) is 5.74. The van der Waals surface area contributed by atoms with Gasteiger partial charge in [-0.2, -0.15) is 0 Å². The summed E-state index contributed by atoms with van der Waals surface area (Å²) < 4.78 is 39.7. The van der Waals surface area contributed by atoms with Gasteiger partial charge in [-0.15, -0.1) is 0 Å². The van der Waals surface area contributed by atoms with E-state index in [2.05, 4.69) is 20.7 Å². The van der Waals surface area contributed by atoms with Crippen molar-refractivity contribution in [2.24, 2.45) is 5.41 Å². The Kier molecular flexibility index (Phi) is 4.94. The molecule has 0 aliphatic rings. The standard InChI is InChI=1S/C11H16BrFN2O3S/c1-11(2,6-16)5-15-19(17,18)10-3-7(12)8(13)4-9(10)14/h3-4,15-16H,5-6,14H2,1-2H3. The van der Waals surface area contributed by atoms with Crippen LogP contribution in [-0.4, -0.2) is 26.7 Å². The molecule has 1 rings (SSSR count). The highest BCUT2D eigenvalue weighted by Crippen LogP contribution is 2.26. The van der Waals surface area contributed by atoms with E-state index in [4.69, 9.17) is 10.8 Å². The van der Waals surface area contributed by atoms with Gasteiger partial charge in [0.25, 0.3) is 0 Å². The molecular weight excluding hydrogens is 339 g/mol. The van der Waals surface area contributed by atoms with Gasteiger partial charge in [0.05, 0.1) is 10.2 Å². The number of aliphatic hydroxyl groups excluding tert-OH is 1. The Morgan fingerprint density at radius 3 is 2.58 bits per heavy atom. The zero-order valence-corrected chi connectivity index (χ0v) is 13.0. The smallest absolute Gasteiger partial charge is 0.242 e. The van der Waals surface area contributed by atoms with Crippen molar-refractivity contribution in [3.63, 3.8) is 0 Å². The molecule has 0 bridgehead atoms. The van der Waals surface area contributed by atoms with E-state index in [1.807, 2.05) is 0 Å². The van der Waals surface area contributed by atoms with Crippen molar-refractivity contribution in [3.8, 4) is 0 Å². The van der Waals surface area contributed by atoms with E-state index in [1.165, 1.54) is 0 Å². The van der Waals surface area contributed by atoms with Crippen LogP contribution < -0.4 is 10.5 Å². The van der Waals surface area contributed by atoms with E-state index in [0.717, 1.165) is 12.1 Å². The fourth-order valence-corrected chi connectivity index (χ4v) is 3.07. The van der Waals surface area contributed by atoms with Gasteiger partial charge in [0.2, 0.25) is 10.0 Å². The molecular formula is C11H16BrFN2O3S.